The molecule has 50 valence electrons. The predicted molar refractivity (Wildman–Crippen MR) is 39.5 cm³/mol. The van der Waals surface area contributed by atoms with Crippen LogP contribution in [0.15, 0.2) is 23.0 Å². The van der Waals surface area contributed by atoms with Crippen molar-refractivity contribution in [3.05, 3.63) is 22.8 Å². The van der Waals surface area contributed by atoms with Crippen LogP contribution in [0, 0.1) is 0 Å². The predicted octanol–water partition coefficient (Wildman–Crippen LogP) is 1.43. The molecule has 0 fully saturated rings. The molecule has 0 unspecified atom stereocenters. The SMILES string of the molecule is C1=COc2ncsc2C=N1. The summed E-state index contributed by atoms with van der Waals surface area (Å²) in [4.78, 5) is 8.86. The van der Waals surface area contributed by atoms with Crippen LogP contribution in [-0.4, -0.2) is 11.2 Å². The minimum atomic E-state index is 0.641. The Morgan fingerprint density at radius 2 is 2.50 bits per heavy atom. The summed E-state index contributed by atoms with van der Waals surface area (Å²) in [5.41, 5.74) is 1.73. The second-order valence-electron chi connectivity index (χ2n) is 1.70. The molecule has 0 saturated carbocycles. The van der Waals surface area contributed by atoms with Crippen LogP contribution in [0.4, 0.5) is 0 Å². The van der Waals surface area contributed by atoms with Crippen molar-refractivity contribution in [3.8, 4) is 5.88 Å². The van der Waals surface area contributed by atoms with Gasteiger partial charge in [-0.05, 0) is 0 Å². The Balaban J connectivity index is 2.50. The maximum Gasteiger partial charge on any atom is 0.238 e. The molecule has 0 aromatic carbocycles. The zero-order valence-electron chi connectivity index (χ0n) is 5.02. The lowest BCUT2D eigenvalue weighted by Gasteiger charge is -1.90. The average molecular weight is 152 g/mol. The number of fused-ring (bicyclic) bond motifs is 1. The molecule has 0 radical (unpaired) electrons. The van der Waals surface area contributed by atoms with Crippen LogP contribution >= 0.6 is 11.3 Å². The van der Waals surface area contributed by atoms with Crippen LogP contribution in [0.2, 0.25) is 0 Å². The molecule has 0 atom stereocenters. The van der Waals surface area contributed by atoms with Gasteiger partial charge in [0.2, 0.25) is 5.88 Å². The van der Waals surface area contributed by atoms with E-state index in [1.54, 1.807) is 17.9 Å². The highest BCUT2D eigenvalue weighted by molar-refractivity contribution is 7.11. The zero-order chi connectivity index (χ0) is 6.81. The summed E-state index contributed by atoms with van der Waals surface area (Å²) in [6, 6.07) is 0. The van der Waals surface area contributed by atoms with Crippen LogP contribution in [0.3, 0.4) is 0 Å². The maximum absolute atomic E-state index is 5.08. The molecule has 0 saturated heterocycles. The van der Waals surface area contributed by atoms with E-state index in [2.05, 4.69) is 9.98 Å². The van der Waals surface area contributed by atoms with Crippen LogP contribution in [0.5, 0.6) is 5.88 Å². The lowest BCUT2D eigenvalue weighted by atomic mass is 10.6. The molecule has 1 aromatic heterocycles. The highest BCUT2D eigenvalue weighted by Gasteiger charge is 2.04. The third kappa shape index (κ3) is 0.823. The van der Waals surface area contributed by atoms with Crippen molar-refractivity contribution in [1.29, 1.82) is 0 Å². The third-order valence-corrected chi connectivity index (χ3v) is 1.82. The molecule has 0 amide bonds. The summed E-state index contributed by atoms with van der Waals surface area (Å²) in [5, 5.41) is 0. The Morgan fingerprint density at radius 1 is 1.50 bits per heavy atom. The maximum atomic E-state index is 5.08. The Kier molecular flexibility index (Phi) is 1.25. The normalized spacial score (nSPS) is 14.0. The summed E-state index contributed by atoms with van der Waals surface area (Å²) < 4.78 is 5.08. The van der Waals surface area contributed by atoms with Gasteiger partial charge in [-0.15, -0.1) is 11.3 Å². The topological polar surface area (TPSA) is 34.5 Å². The highest BCUT2D eigenvalue weighted by Crippen LogP contribution is 2.20. The van der Waals surface area contributed by atoms with Gasteiger partial charge in [-0.25, -0.2) is 4.98 Å². The summed E-state index contributed by atoms with van der Waals surface area (Å²) in [6.07, 6.45) is 4.84. The standard InChI is InChI=1S/C6H4N2OS/c1-2-9-6-5(3-7-1)10-4-8-6/h1-4H. The van der Waals surface area contributed by atoms with Crippen LogP contribution in [-0.2, 0) is 0 Å². The van der Waals surface area contributed by atoms with Gasteiger partial charge in [0, 0.05) is 6.21 Å². The van der Waals surface area contributed by atoms with Crippen LogP contribution in [0.1, 0.15) is 4.88 Å². The fraction of sp³-hybridized carbons (Fsp3) is 0. The number of ether oxygens (including phenoxy) is 1. The molecule has 0 N–H and O–H groups in total. The van der Waals surface area contributed by atoms with Crippen molar-refractivity contribution in [2.24, 2.45) is 4.99 Å². The van der Waals surface area contributed by atoms with Gasteiger partial charge in [0.05, 0.1) is 11.7 Å². The average Bonchev–Trinajstić information content (AvgIpc) is 2.28. The molecule has 0 bridgehead atoms. The van der Waals surface area contributed by atoms with Gasteiger partial charge in [-0.3, -0.25) is 4.99 Å². The first-order valence-corrected chi connectivity index (χ1v) is 3.63. The minimum Gasteiger partial charge on any atom is -0.444 e. The first-order valence-electron chi connectivity index (χ1n) is 2.75. The monoisotopic (exact) mass is 152 g/mol. The largest absolute Gasteiger partial charge is 0.444 e. The van der Waals surface area contributed by atoms with Crippen molar-refractivity contribution in [2.45, 2.75) is 0 Å². The number of nitrogens with zero attached hydrogens (tertiary/aromatic N) is 2. The second-order valence-corrected chi connectivity index (χ2v) is 2.59. The molecule has 4 heteroatoms. The molecular formula is C6H4N2OS. The minimum absolute atomic E-state index is 0.641. The second kappa shape index (κ2) is 2.22. The molecule has 2 heterocycles. The van der Waals surface area contributed by atoms with Crippen molar-refractivity contribution in [1.82, 2.24) is 4.98 Å². The molecular weight excluding hydrogens is 148 g/mol. The zero-order valence-corrected chi connectivity index (χ0v) is 5.84. The van der Waals surface area contributed by atoms with E-state index in [1.165, 1.54) is 17.6 Å². The van der Waals surface area contributed by atoms with Gasteiger partial charge in [0.25, 0.3) is 0 Å². The van der Waals surface area contributed by atoms with Gasteiger partial charge in [-0.2, -0.15) is 0 Å². The number of thiazole rings is 1. The lowest BCUT2D eigenvalue weighted by Crippen LogP contribution is -1.82. The molecule has 0 spiro atoms. The Labute approximate surface area is 61.7 Å². The van der Waals surface area contributed by atoms with E-state index in [1.807, 2.05) is 0 Å². The molecule has 1 aliphatic rings. The van der Waals surface area contributed by atoms with E-state index in [0.717, 1.165) is 4.88 Å². The highest BCUT2D eigenvalue weighted by atomic mass is 32.1. The molecule has 2 rings (SSSR count). The molecule has 1 aliphatic heterocycles. The van der Waals surface area contributed by atoms with Crippen LogP contribution < -0.4 is 4.74 Å². The van der Waals surface area contributed by atoms with E-state index in [4.69, 9.17) is 4.74 Å². The van der Waals surface area contributed by atoms with Crippen molar-refractivity contribution in [2.75, 3.05) is 0 Å². The van der Waals surface area contributed by atoms with Gasteiger partial charge < -0.3 is 4.74 Å². The van der Waals surface area contributed by atoms with Crippen molar-refractivity contribution < 1.29 is 4.74 Å². The summed E-state index contributed by atoms with van der Waals surface area (Å²) in [6.45, 7) is 0. The van der Waals surface area contributed by atoms with E-state index < -0.39 is 0 Å². The summed E-state index contributed by atoms with van der Waals surface area (Å²) >= 11 is 1.51. The van der Waals surface area contributed by atoms with Crippen molar-refractivity contribution in [3.63, 3.8) is 0 Å². The smallest absolute Gasteiger partial charge is 0.238 e. The van der Waals surface area contributed by atoms with Gasteiger partial charge in [0.1, 0.15) is 11.1 Å². The first kappa shape index (κ1) is 5.61. The fourth-order valence-electron chi connectivity index (χ4n) is 0.660. The molecule has 3 nitrogen and oxygen atoms in total. The van der Waals surface area contributed by atoms with E-state index >= 15 is 0 Å². The van der Waals surface area contributed by atoms with Gasteiger partial charge in [-0.1, -0.05) is 0 Å². The Bertz CT molecular complexity index is 290. The number of rotatable bonds is 0. The summed E-state index contributed by atoms with van der Waals surface area (Å²) in [7, 11) is 0. The van der Waals surface area contributed by atoms with Gasteiger partial charge >= 0.3 is 0 Å². The fourth-order valence-corrected chi connectivity index (χ4v) is 1.25. The Morgan fingerprint density at radius 3 is 3.50 bits per heavy atom. The lowest BCUT2D eigenvalue weighted by molar-refractivity contribution is 0.464. The quantitative estimate of drug-likeness (QED) is 0.563. The first-order chi connectivity index (χ1) is 4.97. The van der Waals surface area contributed by atoms with Crippen LogP contribution in [0.25, 0.3) is 0 Å². The van der Waals surface area contributed by atoms with E-state index in [0.29, 0.717) is 5.88 Å². The molecule has 1 aromatic rings. The third-order valence-electron chi connectivity index (χ3n) is 1.08. The molecule has 10 heavy (non-hydrogen) atoms. The van der Waals surface area contributed by atoms with Gasteiger partial charge in [0.15, 0.2) is 0 Å². The molecule has 0 aliphatic carbocycles. The van der Waals surface area contributed by atoms with Crippen molar-refractivity contribution >= 4 is 17.6 Å². The number of hydrogen-bond acceptors (Lipinski definition) is 4. The van der Waals surface area contributed by atoms with E-state index in [-0.39, 0.29) is 0 Å². The Hall–Kier alpha value is -1.16. The number of aromatic nitrogens is 1. The number of aliphatic imine (C=N–C) groups is 1. The summed E-state index contributed by atoms with van der Waals surface area (Å²) in [5.74, 6) is 0.641. The number of hydrogen-bond donors (Lipinski definition) is 0. The van der Waals surface area contributed by atoms with E-state index in [9.17, 15) is 0 Å².